The summed E-state index contributed by atoms with van der Waals surface area (Å²) in [5, 5.41) is 0. The van der Waals surface area contributed by atoms with Crippen LogP contribution in [0.2, 0.25) is 0 Å². The van der Waals surface area contributed by atoms with Gasteiger partial charge < -0.3 is 4.74 Å². The van der Waals surface area contributed by atoms with E-state index >= 15 is 0 Å². The maximum atomic E-state index is 10.3. The Balaban J connectivity index is 2.54. The number of ether oxygens (including phenoxy) is 1. The summed E-state index contributed by atoms with van der Waals surface area (Å²) in [6, 6.07) is 0. The molecule has 1 rings (SSSR count). The largest absolute Gasteiger partial charge is 0.464 e. The van der Waals surface area contributed by atoms with E-state index in [4.69, 9.17) is 4.74 Å². The number of carbonyl (C=O) groups excluding carboxylic acids is 1. The van der Waals surface area contributed by atoms with Crippen LogP contribution < -0.4 is 0 Å². The highest BCUT2D eigenvalue weighted by atomic mass is 16.5. The van der Waals surface area contributed by atoms with E-state index < -0.39 is 0 Å². The molecule has 0 heterocycles. The van der Waals surface area contributed by atoms with Crippen LogP contribution in [0.3, 0.4) is 0 Å². The molecule has 1 fully saturated rings. The van der Waals surface area contributed by atoms with Crippen molar-refractivity contribution in [1.82, 2.24) is 0 Å². The molecule has 0 aromatic carbocycles. The van der Waals surface area contributed by atoms with Crippen molar-refractivity contribution in [2.24, 2.45) is 17.8 Å². The van der Waals surface area contributed by atoms with E-state index in [0.29, 0.717) is 24.2 Å². The van der Waals surface area contributed by atoms with E-state index in [1.54, 1.807) is 0 Å². The van der Waals surface area contributed by atoms with Crippen LogP contribution in [0, 0.1) is 17.8 Å². The molecule has 0 saturated heterocycles. The second kappa shape index (κ2) is 4.64. The molecule has 0 bridgehead atoms. The van der Waals surface area contributed by atoms with Crippen molar-refractivity contribution in [3.63, 3.8) is 0 Å². The summed E-state index contributed by atoms with van der Waals surface area (Å²) >= 11 is 0. The van der Waals surface area contributed by atoms with Crippen LogP contribution in [-0.4, -0.2) is 12.6 Å². The van der Waals surface area contributed by atoms with Crippen molar-refractivity contribution < 1.29 is 9.53 Å². The Kier molecular flexibility index (Phi) is 3.76. The molecule has 76 valence electrons. The predicted molar refractivity (Wildman–Crippen MR) is 52.3 cm³/mol. The van der Waals surface area contributed by atoms with E-state index in [1.165, 1.54) is 12.8 Å². The first-order valence-electron chi connectivity index (χ1n) is 5.24. The van der Waals surface area contributed by atoms with E-state index in [2.05, 4.69) is 20.8 Å². The number of rotatable bonds is 3. The van der Waals surface area contributed by atoms with Crippen LogP contribution in [-0.2, 0) is 9.53 Å². The molecule has 0 radical (unpaired) electrons. The topological polar surface area (TPSA) is 26.3 Å². The van der Waals surface area contributed by atoms with E-state index in [9.17, 15) is 4.79 Å². The van der Waals surface area contributed by atoms with E-state index in [-0.39, 0.29) is 6.10 Å². The fraction of sp³-hybridized carbons (Fsp3) is 0.909. The van der Waals surface area contributed by atoms with Crippen LogP contribution in [0.25, 0.3) is 0 Å². The van der Waals surface area contributed by atoms with Crippen LogP contribution in [0.5, 0.6) is 0 Å². The molecular weight excluding hydrogens is 164 g/mol. The summed E-state index contributed by atoms with van der Waals surface area (Å²) < 4.78 is 5.15. The Morgan fingerprint density at radius 2 is 2.08 bits per heavy atom. The highest BCUT2D eigenvalue weighted by Gasteiger charge is 2.31. The Morgan fingerprint density at radius 1 is 1.38 bits per heavy atom. The lowest BCUT2D eigenvalue weighted by Crippen LogP contribution is -2.33. The molecule has 0 N–H and O–H groups in total. The monoisotopic (exact) mass is 184 g/mol. The van der Waals surface area contributed by atoms with Gasteiger partial charge in [0.15, 0.2) is 0 Å². The Hall–Kier alpha value is -0.530. The minimum absolute atomic E-state index is 0.168. The lowest BCUT2D eigenvalue weighted by Gasteiger charge is -2.35. The van der Waals surface area contributed by atoms with Gasteiger partial charge in [0.05, 0.1) is 0 Å². The summed E-state index contributed by atoms with van der Waals surface area (Å²) in [5.74, 6) is 1.90. The fourth-order valence-electron chi connectivity index (χ4n) is 2.34. The zero-order chi connectivity index (χ0) is 9.84. The first-order chi connectivity index (χ1) is 6.15. The third-order valence-electron chi connectivity index (χ3n) is 3.19. The number of carbonyl (C=O) groups is 1. The molecule has 0 aliphatic heterocycles. The quantitative estimate of drug-likeness (QED) is 0.630. The van der Waals surface area contributed by atoms with Crippen molar-refractivity contribution in [1.29, 1.82) is 0 Å². The second-order valence-electron chi connectivity index (χ2n) is 4.60. The third-order valence-corrected chi connectivity index (χ3v) is 3.19. The Morgan fingerprint density at radius 3 is 2.62 bits per heavy atom. The molecule has 0 aromatic rings. The molecule has 2 nitrogen and oxygen atoms in total. The SMILES string of the molecule is CC(C)[C@H]1CC[C@H](C)C[C@@H]1OC=O. The fourth-order valence-corrected chi connectivity index (χ4v) is 2.34. The number of hydrogen-bond acceptors (Lipinski definition) is 2. The van der Waals surface area contributed by atoms with Gasteiger partial charge in [-0.3, -0.25) is 4.79 Å². The van der Waals surface area contributed by atoms with E-state index in [0.717, 1.165) is 6.42 Å². The molecule has 2 heteroatoms. The first kappa shape index (κ1) is 10.6. The van der Waals surface area contributed by atoms with Gasteiger partial charge >= 0.3 is 0 Å². The van der Waals surface area contributed by atoms with Crippen LogP contribution in [0.1, 0.15) is 40.0 Å². The van der Waals surface area contributed by atoms with Gasteiger partial charge in [-0.05, 0) is 30.6 Å². The molecule has 0 unspecified atom stereocenters. The van der Waals surface area contributed by atoms with E-state index in [1.807, 2.05) is 0 Å². The van der Waals surface area contributed by atoms with Crippen molar-refractivity contribution in [2.45, 2.75) is 46.1 Å². The second-order valence-corrected chi connectivity index (χ2v) is 4.60. The van der Waals surface area contributed by atoms with Gasteiger partial charge in [-0.25, -0.2) is 0 Å². The summed E-state index contributed by atoms with van der Waals surface area (Å²) in [4.78, 5) is 10.3. The molecule has 0 spiro atoms. The molecule has 0 aromatic heterocycles. The van der Waals surface area contributed by atoms with Crippen molar-refractivity contribution in [3.8, 4) is 0 Å². The average molecular weight is 184 g/mol. The van der Waals surface area contributed by atoms with Gasteiger partial charge in [0.2, 0.25) is 0 Å². The summed E-state index contributed by atoms with van der Waals surface area (Å²) in [6.45, 7) is 7.26. The maximum Gasteiger partial charge on any atom is 0.293 e. The molecule has 1 aliphatic rings. The molecular formula is C11H20O2. The lowest BCUT2D eigenvalue weighted by atomic mass is 9.75. The molecule has 0 amide bonds. The summed E-state index contributed by atoms with van der Waals surface area (Å²) in [7, 11) is 0. The standard InChI is InChI=1S/C11H20O2/c1-8(2)10-5-4-9(3)6-11(10)13-7-12/h7-11H,4-6H2,1-3H3/t9-,10+,11-/m0/s1. The predicted octanol–water partition coefficient (Wildman–Crippen LogP) is 2.62. The van der Waals surface area contributed by atoms with Crippen LogP contribution in [0.4, 0.5) is 0 Å². The number of hydrogen-bond donors (Lipinski definition) is 0. The maximum absolute atomic E-state index is 10.3. The molecule has 1 aliphatic carbocycles. The van der Waals surface area contributed by atoms with Crippen molar-refractivity contribution >= 4 is 6.47 Å². The van der Waals surface area contributed by atoms with Crippen LogP contribution >= 0.6 is 0 Å². The van der Waals surface area contributed by atoms with Crippen LogP contribution in [0.15, 0.2) is 0 Å². The highest BCUT2D eigenvalue weighted by molar-refractivity contribution is 5.37. The first-order valence-corrected chi connectivity index (χ1v) is 5.24. The highest BCUT2D eigenvalue weighted by Crippen LogP contribution is 2.34. The zero-order valence-corrected chi connectivity index (χ0v) is 8.82. The third kappa shape index (κ3) is 2.71. The molecule has 1 saturated carbocycles. The van der Waals surface area contributed by atoms with Gasteiger partial charge in [-0.15, -0.1) is 0 Å². The zero-order valence-electron chi connectivity index (χ0n) is 8.82. The van der Waals surface area contributed by atoms with Gasteiger partial charge in [-0.2, -0.15) is 0 Å². The summed E-state index contributed by atoms with van der Waals surface area (Å²) in [6.07, 6.45) is 3.70. The Labute approximate surface area is 80.7 Å². The van der Waals surface area contributed by atoms with Gasteiger partial charge in [0.1, 0.15) is 6.10 Å². The minimum Gasteiger partial charge on any atom is -0.464 e. The van der Waals surface area contributed by atoms with Crippen molar-refractivity contribution in [2.75, 3.05) is 0 Å². The smallest absolute Gasteiger partial charge is 0.293 e. The average Bonchev–Trinajstić information content (AvgIpc) is 2.04. The normalized spacial score (nSPS) is 34.6. The van der Waals surface area contributed by atoms with Gasteiger partial charge in [0.25, 0.3) is 6.47 Å². The minimum atomic E-state index is 0.168. The Bertz CT molecular complexity index is 165. The van der Waals surface area contributed by atoms with Gasteiger partial charge in [0, 0.05) is 0 Å². The van der Waals surface area contributed by atoms with Gasteiger partial charge in [-0.1, -0.05) is 27.2 Å². The summed E-state index contributed by atoms with van der Waals surface area (Å²) in [5.41, 5.74) is 0. The molecule has 13 heavy (non-hydrogen) atoms. The molecule has 3 atom stereocenters. The van der Waals surface area contributed by atoms with Crippen molar-refractivity contribution in [3.05, 3.63) is 0 Å². The lowest BCUT2D eigenvalue weighted by molar-refractivity contribution is -0.140.